The Morgan fingerprint density at radius 2 is 2.07 bits per heavy atom. The zero-order valence-electron chi connectivity index (χ0n) is 9.65. The third kappa shape index (κ3) is 1.71. The van der Waals surface area contributed by atoms with Crippen LogP contribution in [0.4, 0.5) is 0 Å². The minimum absolute atomic E-state index is 0.0690. The van der Waals surface area contributed by atoms with Gasteiger partial charge in [-0.3, -0.25) is 4.68 Å². The molecule has 0 aromatic carbocycles. The van der Waals surface area contributed by atoms with Crippen molar-refractivity contribution in [1.29, 1.82) is 0 Å². The van der Waals surface area contributed by atoms with Gasteiger partial charge in [-0.25, -0.2) is 0 Å². The Morgan fingerprint density at radius 1 is 1.33 bits per heavy atom. The molecule has 2 rings (SSSR count). The van der Waals surface area contributed by atoms with Crippen molar-refractivity contribution < 1.29 is 0 Å². The van der Waals surface area contributed by atoms with Crippen LogP contribution >= 0.6 is 0 Å². The number of nitrogens with zero attached hydrogens (tertiary/aromatic N) is 4. The average molecular weight is 204 g/mol. The summed E-state index contributed by atoms with van der Waals surface area (Å²) in [6.45, 7) is 7.23. The van der Waals surface area contributed by atoms with Gasteiger partial charge in [-0.1, -0.05) is 20.8 Å². The predicted molar refractivity (Wildman–Crippen MR) is 59.6 cm³/mol. The molecule has 0 bridgehead atoms. The van der Waals surface area contributed by atoms with E-state index in [2.05, 4.69) is 36.1 Å². The van der Waals surface area contributed by atoms with Crippen molar-refractivity contribution in [2.75, 3.05) is 6.54 Å². The molecule has 80 valence electrons. The van der Waals surface area contributed by atoms with E-state index in [9.17, 15) is 0 Å². The van der Waals surface area contributed by atoms with Gasteiger partial charge in [0.05, 0.1) is 24.1 Å². The number of aromatic nitrogens is 2. The lowest BCUT2D eigenvalue weighted by atomic mass is 9.88. The van der Waals surface area contributed by atoms with E-state index in [1.807, 2.05) is 24.0 Å². The largest absolute Gasteiger partial charge is 0.271 e. The summed E-state index contributed by atoms with van der Waals surface area (Å²) in [5, 5.41) is 12.4. The molecule has 0 saturated carbocycles. The van der Waals surface area contributed by atoms with Gasteiger partial charge in [-0.05, 0) is 6.08 Å². The van der Waals surface area contributed by atoms with E-state index in [1.165, 1.54) is 5.69 Å². The maximum atomic E-state index is 4.30. The topological polar surface area (TPSA) is 42.5 Å². The SMILES string of the molecule is Cn1ncc(C2=CCN=N2)c1C(C)(C)C. The fraction of sp³-hybridized carbons (Fsp3) is 0.545. The van der Waals surface area contributed by atoms with Crippen molar-refractivity contribution in [3.05, 3.63) is 23.5 Å². The third-order valence-electron chi connectivity index (χ3n) is 2.47. The Morgan fingerprint density at radius 3 is 2.60 bits per heavy atom. The lowest BCUT2D eigenvalue weighted by Gasteiger charge is -2.20. The Balaban J connectivity index is 2.54. The van der Waals surface area contributed by atoms with E-state index in [0.717, 1.165) is 11.3 Å². The number of azo groups is 1. The molecule has 1 aromatic rings. The van der Waals surface area contributed by atoms with Crippen molar-refractivity contribution in [2.45, 2.75) is 26.2 Å². The molecule has 0 atom stereocenters. The minimum Gasteiger partial charge on any atom is -0.271 e. The summed E-state index contributed by atoms with van der Waals surface area (Å²) in [7, 11) is 1.97. The van der Waals surface area contributed by atoms with Crippen molar-refractivity contribution in [2.24, 2.45) is 17.3 Å². The van der Waals surface area contributed by atoms with Crippen LogP contribution in [0.3, 0.4) is 0 Å². The maximum absolute atomic E-state index is 4.30. The van der Waals surface area contributed by atoms with Crippen LogP contribution in [-0.4, -0.2) is 16.3 Å². The number of aryl methyl sites for hydroxylation is 1. The number of hydrogen-bond donors (Lipinski definition) is 0. The van der Waals surface area contributed by atoms with Crippen molar-refractivity contribution in [1.82, 2.24) is 9.78 Å². The van der Waals surface area contributed by atoms with Gasteiger partial charge in [0, 0.05) is 18.0 Å². The molecular weight excluding hydrogens is 188 g/mol. The predicted octanol–water partition coefficient (Wildman–Crippen LogP) is 2.52. The summed E-state index contributed by atoms with van der Waals surface area (Å²) in [6, 6.07) is 0. The second kappa shape index (κ2) is 3.29. The van der Waals surface area contributed by atoms with E-state index in [4.69, 9.17) is 0 Å². The van der Waals surface area contributed by atoms with Crippen LogP contribution in [0, 0.1) is 0 Å². The molecule has 1 aliphatic rings. The highest BCUT2D eigenvalue weighted by Gasteiger charge is 2.24. The molecule has 0 fully saturated rings. The fourth-order valence-electron chi connectivity index (χ4n) is 1.96. The lowest BCUT2D eigenvalue weighted by molar-refractivity contribution is 0.522. The molecule has 0 amide bonds. The quantitative estimate of drug-likeness (QED) is 0.693. The van der Waals surface area contributed by atoms with Crippen molar-refractivity contribution in [3.8, 4) is 0 Å². The molecule has 1 aliphatic heterocycles. The second-order valence-corrected chi connectivity index (χ2v) is 4.79. The molecule has 0 spiro atoms. The summed E-state index contributed by atoms with van der Waals surface area (Å²) in [4.78, 5) is 0. The van der Waals surface area contributed by atoms with Gasteiger partial charge < -0.3 is 0 Å². The fourth-order valence-corrected chi connectivity index (χ4v) is 1.96. The van der Waals surface area contributed by atoms with E-state index in [1.54, 1.807) is 0 Å². The highest BCUT2D eigenvalue weighted by atomic mass is 15.3. The zero-order valence-corrected chi connectivity index (χ0v) is 9.65. The van der Waals surface area contributed by atoms with Crippen LogP contribution in [0.2, 0.25) is 0 Å². The first-order chi connectivity index (χ1) is 7.00. The summed E-state index contributed by atoms with van der Waals surface area (Å²) >= 11 is 0. The molecule has 15 heavy (non-hydrogen) atoms. The molecule has 0 N–H and O–H groups in total. The monoisotopic (exact) mass is 204 g/mol. The molecule has 1 aromatic heterocycles. The van der Waals surface area contributed by atoms with E-state index in [-0.39, 0.29) is 5.41 Å². The van der Waals surface area contributed by atoms with Gasteiger partial charge >= 0.3 is 0 Å². The molecule has 2 heterocycles. The lowest BCUT2D eigenvalue weighted by Crippen LogP contribution is -2.18. The normalized spacial score (nSPS) is 15.9. The van der Waals surface area contributed by atoms with E-state index < -0.39 is 0 Å². The molecule has 0 saturated heterocycles. The summed E-state index contributed by atoms with van der Waals surface area (Å²) < 4.78 is 1.92. The van der Waals surface area contributed by atoms with Crippen LogP contribution in [0.15, 0.2) is 22.5 Å². The molecule has 4 nitrogen and oxygen atoms in total. The van der Waals surface area contributed by atoms with Crippen LogP contribution in [0.1, 0.15) is 32.0 Å². The smallest absolute Gasteiger partial charge is 0.0938 e. The third-order valence-corrected chi connectivity index (χ3v) is 2.47. The van der Waals surface area contributed by atoms with Crippen LogP contribution in [0.25, 0.3) is 5.70 Å². The number of hydrogen-bond acceptors (Lipinski definition) is 3. The molecule has 4 heteroatoms. The minimum atomic E-state index is 0.0690. The van der Waals surface area contributed by atoms with Gasteiger partial charge in [0.15, 0.2) is 0 Å². The van der Waals surface area contributed by atoms with E-state index in [0.29, 0.717) is 6.54 Å². The highest BCUT2D eigenvalue weighted by Crippen LogP contribution is 2.31. The summed E-state index contributed by atoms with van der Waals surface area (Å²) in [6.07, 6.45) is 3.91. The Hall–Kier alpha value is -1.45. The van der Waals surface area contributed by atoms with Crippen LogP contribution in [0.5, 0.6) is 0 Å². The molecular formula is C11H16N4. The molecule has 0 aliphatic carbocycles. The first-order valence-corrected chi connectivity index (χ1v) is 5.10. The second-order valence-electron chi connectivity index (χ2n) is 4.79. The number of rotatable bonds is 1. The van der Waals surface area contributed by atoms with Crippen LogP contribution < -0.4 is 0 Å². The Labute approximate surface area is 89.7 Å². The van der Waals surface area contributed by atoms with Crippen molar-refractivity contribution in [3.63, 3.8) is 0 Å². The molecule has 0 radical (unpaired) electrons. The Kier molecular flexibility index (Phi) is 2.21. The van der Waals surface area contributed by atoms with Gasteiger partial charge in [-0.15, -0.1) is 0 Å². The van der Waals surface area contributed by atoms with Gasteiger partial charge in [0.2, 0.25) is 0 Å². The van der Waals surface area contributed by atoms with Crippen LogP contribution in [-0.2, 0) is 12.5 Å². The van der Waals surface area contributed by atoms with Gasteiger partial charge in [0.25, 0.3) is 0 Å². The Bertz CT molecular complexity index is 432. The van der Waals surface area contributed by atoms with E-state index >= 15 is 0 Å². The highest BCUT2D eigenvalue weighted by molar-refractivity contribution is 5.67. The molecule has 0 unspecified atom stereocenters. The first-order valence-electron chi connectivity index (χ1n) is 5.10. The van der Waals surface area contributed by atoms with Gasteiger partial charge in [-0.2, -0.15) is 15.3 Å². The average Bonchev–Trinajstić information content (AvgIpc) is 2.68. The maximum Gasteiger partial charge on any atom is 0.0938 e. The standard InChI is InChI=1S/C11H16N4/c1-11(2,3)10-8(7-13-15(10)4)9-5-6-12-14-9/h5,7H,6H2,1-4H3. The zero-order chi connectivity index (χ0) is 11.1. The summed E-state index contributed by atoms with van der Waals surface area (Å²) in [5.41, 5.74) is 3.33. The van der Waals surface area contributed by atoms with Gasteiger partial charge in [0.1, 0.15) is 0 Å². The summed E-state index contributed by atoms with van der Waals surface area (Å²) in [5.74, 6) is 0. The first kappa shape index (κ1) is 10.1. The van der Waals surface area contributed by atoms with Crippen molar-refractivity contribution >= 4 is 5.70 Å².